The van der Waals surface area contributed by atoms with Crippen LogP contribution in [0.25, 0.3) is 0 Å². The third-order valence-electron chi connectivity index (χ3n) is 5.77. The molecule has 248 valence electrons. The van der Waals surface area contributed by atoms with Crippen LogP contribution in [0.2, 0.25) is 0 Å². The molecular formula is C31H35F12P. The summed E-state index contributed by atoms with van der Waals surface area (Å²) in [5.41, 5.74) is 1.26. The Morgan fingerprint density at radius 3 is 1.20 bits per heavy atom. The standard InChI is InChI=1S/C15H12F12.C7H9P.C7H8.C2H6/c1-10(16,17)12(20,21)14(24,25)15(26,27)13(22,23)11(18,19)8-7-9-5-3-2-4-6-9;1-8-7-5-3-2-4-6-7;1-7-5-3-2-4-6-7;1-2/h2-6H,7-8H2,1H3;2-6,8H,1H3;2-6H,1H3;1-2H3. The van der Waals surface area contributed by atoms with Gasteiger partial charge in [0.05, 0.1) is 0 Å². The topological polar surface area (TPSA) is 0 Å². The minimum Gasteiger partial charge on any atom is -0.200 e. The Bertz CT molecular complexity index is 1180. The van der Waals surface area contributed by atoms with E-state index in [1.54, 1.807) is 0 Å². The quantitative estimate of drug-likeness (QED) is 0.158. The molecule has 3 aromatic carbocycles. The largest absolute Gasteiger partial charge is 0.384 e. The third kappa shape index (κ3) is 10.4. The summed E-state index contributed by atoms with van der Waals surface area (Å²) in [5.74, 6) is -40.8. The summed E-state index contributed by atoms with van der Waals surface area (Å²) < 4.78 is 159. The number of aryl methyl sites for hydroxylation is 2. The first-order valence-corrected chi connectivity index (χ1v) is 14.7. The zero-order valence-electron chi connectivity index (χ0n) is 24.6. The molecule has 0 heterocycles. The molecule has 1 atom stereocenters. The Balaban J connectivity index is 0.000000870. The summed E-state index contributed by atoms with van der Waals surface area (Å²) >= 11 is 0. The predicted molar refractivity (Wildman–Crippen MR) is 153 cm³/mol. The van der Waals surface area contributed by atoms with E-state index in [0.29, 0.717) is 0 Å². The van der Waals surface area contributed by atoms with E-state index in [2.05, 4.69) is 50.0 Å². The number of alkyl halides is 12. The van der Waals surface area contributed by atoms with Crippen LogP contribution in [0.5, 0.6) is 0 Å². The summed E-state index contributed by atoms with van der Waals surface area (Å²) in [6.45, 7) is 7.35. The van der Waals surface area contributed by atoms with Crippen LogP contribution in [0.4, 0.5) is 52.7 Å². The van der Waals surface area contributed by atoms with Crippen LogP contribution in [0.3, 0.4) is 0 Å². The number of benzene rings is 3. The van der Waals surface area contributed by atoms with Crippen LogP contribution in [0.1, 0.15) is 38.3 Å². The first-order valence-electron chi connectivity index (χ1n) is 13.2. The maximum absolute atomic E-state index is 13.6. The normalized spacial score (nSPS) is 12.8. The highest BCUT2D eigenvalue weighted by atomic mass is 31.1. The molecule has 3 rings (SSSR count). The summed E-state index contributed by atoms with van der Waals surface area (Å²) in [6, 6.07) is 27.0. The fourth-order valence-corrected chi connectivity index (χ4v) is 3.67. The molecule has 0 fully saturated rings. The zero-order chi connectivity index (χ0) is 34.5. The van der Waals surface area contributed by atoms with Gasteiger partial charge in [-0.3, -0.25) is 0 Å². The van der Waals surface area contributed by atoms with Crippen LogP contribution in [0.15, 0.2) is 91.0 Å². The molecule has 0 saturated heterocycles. The molecule has 0 N–H and O–H groups in total. The maximum Gasteiger partial charge on any atom is 0.384 e. The monoisotopic (exact) mass is 666 g/mol. The summed E-state index contributed by atoms with van der Waals surface area (Å²) in [6.07, 6.45) is -3.12. The number of hydrogen-bond donors (Lipinski definition) is 0. The van der Waals surface area contributed by atoms with Crippen LogP contribution < -0.4 is 5.30 Å². The highest BCUT2D eigenvalue weighted by Gasteiger charge is 2.89. The van der Waals surface area contributed by atoms with E-state index >= 15 is 0 Å². The maximum atomic E-state index is 13.6. The number of rotatable bonds is 9. The van der Waals surface area contributed by atoms with Gasteiger partial charge in [-0.2, -0.15) is 52.7 Å². The second-order valence-corrected chi connectivity index (χ2v) is 10.2. The van der Waals surface area contributed by atoms with Gasteiger partial charge in [-0.1, -0.05) is 119 Å². The lowest BCUT2D eigenvalue weighted by Gasteiger charge is -2.40. The Kier molecular flexibility index (Phi) is 16.0. The average Bonchev–Trinajstić information content (AvgIpc) is 2.98. The van der Waals surface area contributed by atoms with Gasteiger partial charge in [0.15, 0.2) is 0 Å². The molecular weight excluding hydrogens is 631 g/mol. The zero-order valence-corrected chi connectivity index (χ0v) is 25.6. The molecule has 3 aromatic rings. The minimum atomic E-state index is -7.48. The van der Waals surface area contributed by atoms with Crippen molar-refractivity contribution in [1.29, 1.82) is 0 Å². The van der Waals surface area contributed by atoms with Gasteiger partial charge in [-0.25, -0.2) is 0 Å². The van der Waals surface area contributed by atoms with Crippen LogP contribution in [0, 0.1) is 6.92 Å². The summed E-state index contributed by atoms with van der Waals surface area (Å²) in [4.78, 5) is 0. The van der Waals surface area contributed by atoms with Crippen LogP contribution in [-0.4, -0.2) is 42.2 Å². The van der Waals surface area contributed by atoms with Crippen molar-refractivity contribution in [2.45, 2.75) is 76.1 Å². The molecule has 0 bridgehead atoms. The Morgan fingerprint density at radius 1 is 0.523 bits per heavy atom. The van der Waals surface area contributed by atoms with Crippen LogP contribution >= 0.6 is 8.58 Å². The van der Waals surface area contributed by atoms with Crippen molar-refractivity contribution in [1.82, 2.24) is 0 Å². The van der Waals surface area contributed by atoms with Gasteiger partial charge >= 0.3 is 35.5 Å². The molecule has 0 aliphatic heterocycles. The van der Waals surface area contributed by atoms with E-state index in [-0.39, 0.29) is 5.56 Å². The molecule has 44 heavy (non-hydrogen) atoms. The molecule has 0 nitrogen and oxygen atoms in total. The van der Waals surface area contributed by atoms with E-state index in [4.69, 9.17) is 0 Å². The highest BCUT2D eigenvalue weighted by Crippen LogP contribution is 2.60. The Labute approximate surface area is 251 Å². The number of hydrogen-bond acceptors (Lipinski definition) is 0. The van der Waals surface area contributed by atoms with Gasteiger partial charge in [0.2, 0.25) is 0 Å². The van der Waals surface area contributed by atoms with Crippen molar-refractivity contribution in [2.24, 2.45) is 0 Å². The van der Waals surface area contributed by atoms with Gasteiger partial charge in [0.25, 0.3) is 0 Å². The molecule has 0 aliphatic carbocycles. The van der Waals surface area contributed by atoms with E-state index in [1.165, 1.54) is 29.1 Å². The second kappa shape index (κ2) is 17.1. The van der Waals surface area contributed by atoms with Crippen molar-refractivity contribution in [3.05, 3.63) is 102 Å². The minimum absolute atomic E-state index is 0.0616. The molecule has 0 aliphatic rings. The highest BCUT2D eigenvalue weighted by molar-refractivity contribution is 7.46. The van der Waals surface area contributed by atoms with Gasteiger partial charge in [0, 0.05) is 13.3 Å². The number of halogens is 12. The van der Waals surface area contributed by atoms with E-state index in [9.17, 15) is 52.7 Å². The Morgan fingerprint density at radius 2 is 0.886 bits per heavy atom. The predicted octanol–water partition coefficient (Wildman–Crippen LogP) is 11.1. The molecule has 0 saturated carbocycles. The lowest BCUT2D eigenvalue weighted by atomic mass is 9.89. The van der Waals surface area contributed by atoms with E-state index in [0.717, 1.165) is 20.7 Å². The SMILES string of the molecule is CC.CC(F)(F)C(F)(F)C(F)(F)C(F)(F)C(F)(F)C(F)(F)CCc1ccccc1.CPc1ccccc1.Cc1ccccc1. The lowest BCUT2D eigenvalue weighted by Crippen LogP contribution is -2.70. The molecule has 13 heteroatoms. The smallest absolute Gasteiger partial charge is 0.200 e. The van der Waals surface area contributed by atoms with Crippen LogP contribution in [-0.2, 0) is 6.42 Å². The third-order valence-corrected chi connectivity index (χ3v) is 6.68. The van der Waals surface area contributed by atoms with Gasteiger partial charge in [-0.15, -0.1) is 0 Å². The summed E-state index contributed by atoms with van der Waals surface area (Å²) in [7, 11) is 0.930. The lowest BCUT2D eigenvalue weighted by molar-refractivity contribution is -0.423. The van der Waals surface area contributed by atoms with Crippen molar-refractivity contribution in [3.8, 4) is 0 Å². The van der Waals surface area contributed by atoms with Crippen molar-refractivity contribution in [2.75, 3.05) is 6.66 Å². The average molecular weight is 667 g/mol. The van der Waals surface area contributed by atoms with E-state index < -0.39 is 55.3 Å². The van der Waals surface area contributed by atoms with Gasteiger partial charge in [-0.05, 0) is 30.9 Å². The van der Waals surface area contributed by atoms with Crippen molar-refractivity contribution >= 4 is 13.9 Å². The second-order valence-electron chi connectivity index (χ2n) is 9.15. The van der Waals surface area contributed by atoms with Gasteiger partial charge in [0.1, 0.15) is 0 Å². The Hall–Kier alpha value is -2.75. The first kappa shape index (κ1) is 41.2. The molecule has 0 spiro atoms. The van der Waals surface area contributed by atoms with E-state index in [1.807, 2.05) is 38.1 Å². The molecule has 0 radical (unpaired) electrons. The molecule has 0 aromatic heterocycles. The molecule has 1 unspecified atom stereocenters. The van der Waals surface area contributed by atoms with Crippen molar-refractivity contribution in [3.63, 3.8) is 0 Å². The fraction of sp³-hybridized carbons (Fsp3) is 0.419. The first-order chi connectivity index (χ1) is 20.2. The fourth-order valence-electron chi connectivity index (χ4n) is 3.14. The van der Waals surface area contributed by atoms with Crippen molar-refractivity contribution < 1.29 is 52.7 Å². The molecule has 0 amide bonds. The van der Waals surface area contributed by atoms with Gasteiger partial charge < -0.3 is 0 Å². The summed E-state index contributed by atoms with van der Waals surface area (Å²) in [5, 5.41) is 1.44.